The van der Waals surface area contributed by atoms with Gasteiger partial charge in [0.05, 0.1) is 13.0 Å². The number of nitrogens with zero attached hydrogens (tertiary/aromatic N) is 1. The molecule has 1 aromatic rings. The Morgan fingerprint density at radius 3 is 2.67 bits per heavy atom. The Bertz CT molecular complexity index is 453. The van der Waals surface area contributed by atoms with Crippen molar-refractivity contribution in [2.75, 3.05) is 13.2 Å². The number of hydrogen-bond donors (Lipinski definition) is 0. The van der Waals surface area contributed by atoms with Crippen LogP contribution < -0.4 is 0 Å². The number of hydrogen-bond acceptors (Lipinski definition) is 3. The molecule has 0 aliphatic carbocycles. The standard InChI is InChI=1S/C14H17NO3/c1-14(2)13(17)18-9-8-15(14)12(16)10-11-6-4-3-5-7-11/h3-7H,8-10H2,1-2H3. The van der Waals surface area contributed by atoms with Crippen LogP contribution in [0.5, 0.6) is 0 Å². The average Bonchev–Trinajstić information content (AvgIpc) is 2.33. The lowest BCUT2D eigenvalue weighted by Crippen LogP contribution is -2.58. The van der Waals surface area contributed by atoms with Gasteiger partial charge in [-0.25, -0.2) is 4.79 Å². The van der Waals surface area contributed by atoms with E-state index in [-0.39, 0.29) is 18.5 Å². The van der Waals surface area contributed by atoms with Gasteiger partial charge in [-0.05, 0) is 19.4 Å². The minimum absolute atomic E-state index is 0.0390. The number of cyclic esters (lactones) is 1. The Morgan fingerprint density at radius 2 is 2.00 bits per heavy atom. The van der Waals surface area contributed by atoms with E-state index in [4.69, 9.17) is 4.74 Å². The molecule has 0 radical (unpaired) electrons. The quantitative estimate of drug-likeness (QED) is 0.742. The van der Waals surface area contributed by atoms with Gasteiger partial charge >= 0.3 is 5.97 Å². The van der Waals surface area contributed by atoms with Crippen LogP contribution in [0, 0.1) is 0 Å². The Kier molecular flexibility index (Phi) is 3.36. The molecule has 0 aromatic heterocycles. The molecule has 1 heterocycles. The number of esters is 1. The third-order valence-electron chi connectivity index (χ3n) is 3.22. The number of benzene rings is 1. The van der Waals surface area contributed by atoms with E-state index < -0.39 is 5.54 Å². The van der Waals surface area contributed by atoms with Crippen LogP contribution in [-0.2, 0) is 20.7 Å². The molecule has 0 unspecified atom stereocenters. The van der Waals surface area contributed by atoms with Gasteiger partial charge in [0, 0.05) is 0 Å². The predicted molar refractivity (Wildman–Crippen MR) is 66.9 cm³/mol. The first-order valence-corrected chi connectivity index (χ1v) is 6.03. The topological polar surface area (TPSA) is 46.6 Å². The molecule has 1 aliphatic heterocycles. The Balaban J connectivity index is 2.11. The molecule has 1 amide bonds. The average molecular weight is 247 g/mol. The second-order valence-electron chi connectivity index (χ2n) is 4.90. The molecular weight excluding hydrogens is 230 g/mol. The van der Waals surface area contributed by atoms with Gasteiger partial charge in [-0.3, -0.25) is 4.79 Å². The summed E-state index contributed by atoms with van der Waals surface area (Å²) in [6, 6.07) is 9.53. The summed E-state index contributed by atoms with van der Waals surface area (Å²) in [6.07, 6.45) is 0.317. The van der Waals surface area contributed by atoms with Gasteiger partial charge in [0.1, 0.15) is 12.1 Å². The first kappa shape index (κ1) is 12.6. The summed E-state index contributed by atoms with van der Waals surface area (Å²) in [5.41, 5.74) is 0.0849. The normalized spacial score (nSPS) is 18.3. The summed E-state index contributed by atoms with van der Waals surface area (Å²) in [5, 5.41) is 0. The second-order valence-corrected chi connectivity index (χ2v) is 4.90. The number of amides is 1. The highest BCUT2D eigenvalue weighted by atomic mass is 16.5. The fraction of sp³-hybridized carbons (Fsp3) is 0.429. The SMILES string of the molecule is CC1(C)C(=O)OCCN1C(=O)Cc1ccccc1. The Morgan fingerprint density at radius 1 is 1.33 bits per heavy atom. The van der Waals surface area contributed by atoms with Crippen LogP contribution in [-0.4, -0.2) is 35.5 Å². The number of carbonyl (C=O) groups is 2. The lowest BCUT2D eigenvalue weighted by molar-refractivity contribution is -0.171. The third kappa shape index (κ3) is 2.37. The van der Waals surface area contributed by atoms with Gasteiger partial charge in [0.25, 0.3) is 0 Å². The van der Waals surface area contributed by atoms with Crippen molar-refractivity contribution in [2.24, 2.45) is 0 Å². The minimum Gasteiger partial charge on any atom is -0.462 e. The second kappa shape index (κ2) is 4.80. The van der Waals surface area contributed by atoms with Gasteiger partial charge in [-0.15, -0.1) is 0 Å². The fourth-order valence-corrected chi connectivity index (χ4v) is 2.10. The van der Waals surface area contributed by atoms with E-state index in [0.717, 1.165) is 5.56 Å². The fourth-order valence-electron chi connectivity index (χ4n) is 2.10. The monoisotopic (exact) mass is 247 g/mol. The molecule has 1 aromatic carbocycles. The molecule has 2 rings (SSSR count). The molecule has 1 fully saturated rings. The Hall–Kier alpha value is -1.84. The maximum atomic E-state index is 12.2. The maximum Gasteiger partial charge on any atom is 0.331 e. The van der Waals surface area contributed by atoms with E-state index >= 15 is 0 Å². The molecule has 0 N–H and O–H groups in total. The van der Waals surface area contributed by atoms with Crippen molar-refractivity contribution in [3.05, 3.63) is 35.9 Å². The largest absolute Gasteiger partial charge is 0.462 e. The number of morpholine rings is 1. The van der Waals surface area contributed by atoms with Crippen molar-refractivity contribution in [1.82, 2.24) is 4.90 Å². The number of carbonyl (C=O) groups excluding carboxylic acids is 2. The highest BCUT2D eigenvalue weighted by molar-refractivity contribution is 5.89. The van der Waals surface area contributed by atoms with Crippen LogP contribution in [0.1, 0.15) is 19.4 Å². The molecule has 4 heteroatoms. The van der Waals surface area contributed by atoms with Crippen molar-refractivity contribution in [3.8, 4) is 0 Å². The molecule has 18 heavy (non-hydrogen) atoms. The van der Waals surface area contributed by atoms with E-state index in [2.05, 4.69) is 0 Å². The van der Waals surface area contributed by atoms with Crippen LogP contribution in [0.4, 0.5) is 0 Å². The van der Waals surface area contributed by atoms with Gasteiger partial charge in [0.15, 0.2) is 0 Å². The van der Waals surface area contributed by atoms with Gasteiger partial charge in [0.2, 0.25) is 5.91 Å². The predicted octanol–water partition coefficient (Wildman–Crippen LogP) is 1.39. The number of rotatable bonds is 2. The summed E-state index contributed by atoms with van der Waals surface area (Å²) < 4.78 is 4.99. The molecule has 96 valence electrons. The molecule has 0 atom stereocenters. The van der Waals surface area contributed by atoms with Crippen molar-refractivity contribution in [3.63, 3.8) is 0 Å². The summed E-state index contributed by atoms with van der Waals surface area (Å²) in [4.78, 5) is 25.5. The third-order valence-corrected chi connectivity index (χ3v) is 3.22. The highest BCUT2D eigenvalue weighted by Crippen LogP contribution is 2.21. The summed E-state index contributed by atoms with van der Waals surface area (Å²) in [5.74, 6) is -0.377. The van der Waals surface area contributed by atoms with Gasteiger partial charge in [-0.1, -0.05) is 30.3 Å². The van der Waals surface area contributed by atoms with E-state index in [1.807, 2.05) is 30.3 Å². The van der Waals surface area contributed by atoms with Crippen molar-refractivity contribution < 1.29 is 14.3 Å². The summed E-state index contributed by atoms with van der Waals surface area (Å²) in [7, 11) is 0. The Labute approximate surface area is 107 Å². The maximum absolute atomic E-state index is 12.2. The van der Waals surface area contributed by atoms with Crippen molar-refractivity contribution >= 4 is 11.9 Å². The zero-order valence-electron chi connectivity index (χ0n) is 10.7. The lowest BCUT2D eigenvalue weighted by Gasteiger charge is -2.40. The van der Waals surface area contributed by atoms with Crippen molar-refractivity contribution in [1.29, 1.82) is 0 Å². The minimum atomic E-state index is -0.871. The molecule has 0 spiro atoms. The highest BCUT2D eigenvalue weighted by Gasteiger charge is 2.41. The van der Waals surface area contributed by atoms with Crippen LogP contribution in [0.15, 0.2) is 30.3 Å². The zero-order valence-corrected chi connectivity index (χ0v) is 10.7. The van der Waals surface area contributed by atoms with Gasteiger partial charge in [-0.2, -0.15) is 0 Å². The van der Waals surface area contributed by atoms with E-state index in [0.29, 0.717) is 13.0 Å². The zero-order chi connectivity index (χ0) is 13.2. The van der Waals surface area contributed by atoms with Crippen LogP contribution in [0.2, 0.25) is 0 Å². The summed E-state index contributed by atoms with van der Waals surface area (Å²) >= 11 is 0. The van der Waals surface area contributed by atoms with Crippen LogP contribution in [0.25, 0.3) is 0 Å². The molecule has 1 aliphatic rings. The van der Waals surface area contributed by atoms with E-state index in [9.17, 15) is 9.59 Å². The van der Waals surface area contributed by atoms with Crippen molar-refractivity contribution in [2.45, 2.75) is 25.8 Å². The summed E-state index contributed by atoms with van der Waals surface area (Å²) in [6.45, 7) is 4.18. The molecular formula is C14H17NO3. The van der Waals surface area contributed by atoms with E-state index in [1.54, 1.807) is 18.7 Å². The van der Waals surface area contributed by atoms with Crippen LogP contribution in [0.3, 0.4) is 0 Å². The molecule has 4 nitrogen and oxygen atoms in total. The first-order valence-electron chi connectivity index (χ1n) is 6.03. The smallest absolute Gasteiger partial charge is 0.331 e. The molecule has 1 saturated heterocycles. The number of ether oxygens (including phenoxy) is 1. The first-order chi connectivity index (χ1) is 8.51. The van der Waals surface area contributed by atoms with E-state index in [1.165, 1.54) is 0 Å². The molecule has 0 saturated carbocycles. The van der Waals surface area contributed by atoms with Gasteiger partial charge < -0.3 is 9.64 Å². The van der Waals surface area contributed by atoms with Crippen LogP contribution >= 0.6 is 0 Å². The molecule has 0 bridgehead atoms. The lowest BCUT2D eigenvalue weighted by atomic mass is 10.00.